The molecular weight excluding hydrogens is 192 g/mol. The number of methoxy groups -OCH3 is 1. The van der Waals surface area contributed by atoms with Crippen LogP contribution in [-0.2, 0) is 4.74 Å². The van der Waals surface area contributed by atoms with Crippen LogP contribution in [0.25, 0.3) is 0 Å². The summed E-state index contributed by atoms with van der Waals surface area (Å²) in [7, 11) is 1.44. The predicted molar refractivity (Wildman–Crippen MR) is 52.6 cm³/mol. The lowest BCUT2D eigenvalue weighted by atomic mass is 10.4. The first-order valence-electron chi connectivity index (χ1n) is 3.70. The summed E-state index contributed by atoms with van der Waals surface area (Å²) in [6.07, 6.45) is 0. The molecule has 0 saturated carbocycles. The van der Waals surface area contributed by atoms with Gasteiger partial charge in [-0.1, -0.05) is 0 Å². The molecule has 0 fully saturated rings. The smallest absolute Gasteiger partial charge is 0.272 e. The second-order valence-electron chi connectivity index (χ2n) is 2.55. The Bertz CT molecular complexity index is 233. The Kier molecular flexibility index (Phi) is 3.55. The van der Waals surface area contributed by atoms with Gasteiger partial charge in [-0.3, -0.25) is 15.6 Å². The van der Waals surface area contributed by atoms with E-state index in [0.717, 1.165) is 5.71 Å². The zero-order valence-corrected chi connectivity index (χ0v) is 8.30. The van der Waals surface area contributed by atoms with Crippen molar-refractivity contribution in [3.63, 3.8) is 0 Å². The molecule has 1 aliphatic heterocycles. The summed E-state index contributed by atoms with van der Waals surface area (Å²) in [6, 6.07) is 0. The van der Waals surface area contributed by atoms with Crippen LogP contribution in [0.15, 0.2) is 4.99 Å². The van der Waals surface area contributed by atoms with Crippen LogP contribution >= 0.6 is 12.2 Å². The molecule has 13 heavy (non-hydrogen) atoms. The molecule has 0 unspecified atom stereocenters. The lowest BCUT2D eigenvalue weighted by Gasteiger charge is -2.41. The van der Waals surface area contributed by atoms with Crippen LogP contribution < -0.4 is 5.43 Å². The number of hydrogen-bond acceptors (Lipinski definition) is 6. The van der Waals surface area contributed by atoms with Gasteiger partial charge in [-0.25, -0.2) is 0 Å². The van der Waals surface area contributed by atoms with Gasteiger partial charge >= 0.3 is 0 Å². The van der Waals surface area contributed by atoms with E-state index in [9.17, 15) is 5.21 Å². The molecule has 0 aromatic heterocycles. The Morgan fingerprint density at radius 1 is 1.77 bits per heavy atom. The minimum absolute atomic E-state index is 0.0885. The van der Waals surface area contributed by atoms with Gasteiger partial charge in [-0.2, -0.15) is 5.12 Å². The minimum atomic E-state index is 0.0885. The fraction of sp³-hybridized carbons (Fsp3) is 0.667. The van der Waals surface area contributed by atoms with E-state index in [0.29, 0.717) is 11.7 Å². The Morgan fingerprint density at radius 3 is 3.08 bits per heavy atom. The van der Waals surface area contributed by atoms with Crippen molar-refractivity contribution in [3.8, 4) is 0 Å². The molecule has 0 aromatic rings. The highest BCUT2D eigenvalue weighted by Crippen LogP contribution is 2.00. The molecular formula is C6H11N4O2S-. The molecule has 0 saturated heterocycles. The van der Waals surface area contributed by atoms with Gasteiger partial charge < -0.3 is 9.94 Å². The molecule has 0 radical (unpaired) electrons. The minimum Gasteiger partial charge on any atom is -0.769 e. The van der Waals surface area contributed by atoms with E-state index in [-0.39, 0.29) is 11.8 Å². The lowest BCUT2D eigenvalue weighted by Crippen LogP contribution is -2.54. The highest BCUT2D eigenvalue weighted by atomic mass is 32.1. The van der Waals surface area contributed by atoms with Gasteiger partial charge in [-0.05, 0) is 19.1 Å². The van der Waals surface area contributed by atoms with Crippen LogP contribution in [-0.4, -0.2) is 41.5 Å². The van der Waals surface area contributed by atoms with Crippen molar-refractivity contribution in [2.45, 2.75) is 6.92 Å². The van der Waals surface area contributed by atoms with Gasteiger partial charge in [0.2, 0.25) is 0 Å². The van der Waals surface area contributed by atoms with E-state index in [2.05, 4.69) is 10.4 Å². The first-order chi connectivity index (χ1) is 6.13. The third-order valence-electron chi connectivity index (χ3n) is 1.52. The molecule has 6 nitrogen and oxygen atoms in total. The van der Waals surface area contributed by atoms with Gasteiger partial charge in [0.05, 0.1) is 20.3 Å². The number of nitrogens with zero attached hydrogens (tertiary/aromatic N) is 3. The van der Waals surface area contributed by atoms with Crippen molar-refractivity contribution >= 4 is 23.1 Å². The first-order valence-corrected chi connectivity index (χ1v) is 4.11. The molecule has 0 atom stereocenters. The fourth-order valence-electron chi connectivity index (χ4n) is 0.849. The summed E-state index contributed by atoms with van der Waals surface area (Å²) in [6.45, 7) is 2.34. The van der Waals surface area contributed by atoms with Gasteiger partial charge in [0, 0.05) is 5.71 Å². The quantitative estimate of drug-likeness (QED) is 0.599. The van der Waals surface area contributed by atoms with E-state index < -0.39 is 0 Å². The summed E-state index contributed by atoms with van der Waals surface area (Å²) >= 11 is 4.75. The first kappa shape index (κ1) is 10.3. The van der Waals surface area contributed by atoms with Crippen molar-refractivity contribution in [3.05, 3.63) is 5.21 Å². The highest BCUT2D eigenvalue weighted by Gasteiger charge is 2.13. The number of hydrazine groups is 2. The maximum absolute atomic E-state index is 11.1. The van der Waals surface area contributed by atoms with Gasteiger partial charge in [0.25, 0.3) is 5.17 Å². The normalized spacial score (nSPS) is 19.5. The van der Waals surface area contributed by atoms with Crippen LogP contribution in [0.2, 0.25) is 0 Å². The summed E-state index contributed by atoms with van der Waals surface area (Å²) in [5.41, 5.74) is 3.50. The van der Waals surface area contributed by atoms with Crippen molar-refractivity contribution < 1.29 is 4.74 Å². The third-order valence-corrected chi connectivity index (χ3v) is 1.77. The lowest BCUT2D eigenvalue weighted by molar-refractivity contribution is -0.00130. The van der Waals surface area contributed by atoms with E-state index >= 15 is 0 Å². The van der Waals surface area contributed by atoms with Crippen molar-refractivity contribution in [1.29, 1.82) is 0 Å². The van der Waals surface area contributed by atoms with Crippen molar-refractivity contribution in [1.82, 2.24) is 15.7 Å². The molecule has 74 valence electrons. The van der Waals surface area contributed by atoms with E-state index in [1.54, 1.807) is 0 Å². The van der Waals surface area contributed by atoms with Gasteiger partial charge in [0.15, 0.2) is 0 Å². The number of aliphatic imine (C=N–C) groups is 1. The molecule has 1 aliphatic rings. The predicted octanol–water partition coefficient (Wildman–Crippen LogP) is -0.129. The number of ether oxygens (including phenoxy) is 1. The number of thiocarbonyl (C=S) groups is 1. The second kappa shape index (κ2) is 4.47. The average Bonchev–Trinajstić information content (AvgIpc) is 2.11. The maximum atomic E-state index is 11.1. The van der Waals surface area contributed by atoms with Gasteiger partial charge in [-0.15, -0.1) is 0 Å². The highest BCUT2D eigenvalue weighted by molar-refractivity contribution is 7.80. The molecule has 0 spiro atoms. The largest absolute Gasteiger partial charge is 0.769 e. The van der Waals surface area contributed by atoms with Crippen molar-refractivity contribution in [2.75, 3.05) is 20.3 Å². The molecule has 0 aliphatic carbocycles. The third kappa shape index (κ3) is 2.88. The van der Waals surface area contributed by atoms with E-state index in [1.165, 1.54) is 12.2 Å². The maximum Gasteiger partial charge on any atom is 0.272 e. The number of rotatable bonds is 1. The summed E-state index contributed by atoms with van der Waals surface area (Å²) in [5, 5.41) is 13.3. The standard InChI is InChI=1S/C6H11N4O2S/c1-5-3-9(8-6(13)12-2)10(11)4-7-5/h3-4H2,1-2H3,(H,8,13)/q-1. The van der Waals surface area contributed by atoms with Crippen LogP contribution in [0.1, 0.15) is 6.92 Å². The number of hydroxylamine groups is 1. The fourth-order valence-corrected chi connectivity index (χ4v) is 0.955. The summed E-state index contributed by atoms with van der Waals surface area (Å²) in [4.78, 5) is 3.96. The number of hydrogen-bond donors (Lipinski definition) is 1. The topological polar surface area (TPSA) is 63.2 Å². The second-order valence-corrected chi connectivity index (χ2v) is 2.92. The average molecular weight is 203 g/mol. The summed E-state index contributed by atoms with van der Waals surface area (Å²) < 4.78 is 4.71. The molecule has 1 rings (SSSR count). The van der Waals surface area contributed by atoms with Crippen LogP contribution in [0.4, 0.5) is 0 Å². The molecule has 1 heterocycles. The molecule has 0 bridgehead atoms. The molecule has 0 aromatic carbocycles. The summed E-state index contributed by atoms with van der Waals surface area (Å²) in [5.74, 6) is 0. The Hall–Kier alpha value is -0.760. The Labute approximate surface area is 81.7 Å². The van der Waals surface area contributed by atoms with Gasteiger partial charge in [0.1, 0.15) is 0 Å². The number of nitrogens with one attached hydrogen (secondary N) is 1. The Morgan fingerprint density at radius 2 is 2.46 bits per heavy atom. The van der Waals surface area contributed by atoms with E-state index in [4.69, 9.17) is 17.0 Å². The Balaban J connectivity index is 2.50. The monoisotopic (exact) mass is 203 g/mol. The molecule has 7 heteroatoms. The van der Waals surface area contributed by atoms with Crippen LogP contribution in [0.5, 0.6) is 0 Å². The molecule has 0 amide bonds. The molecule has 1 N–H and O–H groups in total. The van der Waals surface area contributed by atoms with Crippen LogP contribution in [0, 0.1) is 5.21 Å². The zero-order chi connectivity index (χ0) is 9.84. The van der Waals surface area contributed by atoms with Crippen molar-refractivity contribution in [2.24, 2.45) is 4.99 Å². The van der Waals surface area contributed by atoms with Crippen LogP contribution in [0.3, 0.4) is 0 Å². The zero-order valence-electron chi connectivity index (χ0n) is 7.48. The SMILES string of the molecule is COC(=S)NN1CC(C)=NCN1[O-]. The van der Waals surface area contributed by atoms with E-state index in [1.807, 2.05) is 6.92 Å².